The van der Waals surface area contributed by atoms with Gasteiger partial charge in [-0.1, -0.05) is 6.07 Å². The summed E-state index contributed by atoms with van der Waals surface area (Å²) in [5, 5.41) is 7.24. The van der Waals surface area contributed by atoms with Crippen LogP contribution in [0.5, 0.6) is 0 Å². The maximum atomic E-state index is 13.2. The summed E-state index contributed by atoms with van der Waals surface area (Å²) in [6, 6.07) is 12.2. The molecular formula is C26H28N4O4S. The van der Waals surface area contributed by atoms with Crippen LogP contribution in [0.1, 0.15) is 44.5 Å². The molecule has 2 amide bonds. The van der Waals surface area contributed by atoms with Crippen LogP contribution in [-0.4, -0.2) is 56.7 Å². The maximum Gasteiger partial charge on any atom is 0.341 e. The first kappa shape index (κ1) is 24.5. The SMILES string of the molecule is CCOC(=O)c1cnn(-c2ccc(C(=O)N3CSCC3C(=O)Nc3ccc(C)c(C)c3)cc2)c1C. The van der Waals surface area contributed by atoms with E-state index in [-0.39, 0.29) is 11.8 Å². The van der Waals surface area contributed by atoms with E-state index in [0.717, 1.165) is 22.5 Å². The van der Waals surface area contributed by atoms with Gasteiger partial charge >= 0.3 is 5.97 Å². The summed E-state index contributed by atoms with van der Waals surface area (Å²) >= 11 is 1.56. The van der Waals surface area contributed by atoms with Crippen molar-refractivity contribution in [3.63, 3.8) is 0 Å². The lowest BCUT2D eigenvalue weighted by molar-refractivity contribution is -0.119. The van der Waals surface area contributed by atoms with E-state index in [1.165, 1.54) is 6.20 Å². The minimum Gasteiger partial charge on any atom is -0.462 e. The smallest absolute Gasteiger partial charge is 0.341 e. The molecule has 1 atom stereocenters. The highest BCUT2D eigenvalue weighted by Gasteiger charge is 2.35. The van der Waals surface area contributed by atoms with Gasteiger partial charge in [0.2, 0.25) is 5.91 Å². The summed E-state index contributed by atoms with van der Waals surface area (Å²) in [6.07, 6.45) is 1.48. The van der Waals surface area contributed by atoms with Crippen molar-refractivity contribution in [2.45, 2.75) is 33.7 Å². The number of benzene rings is 2. The van der Waals surface area contributed by atoms with Crippen molar-refractivity contribution in [1.29, 1.82) is 0 Å². The van der Waals surface area contributed by atoms with Gasteiger partial charge in [-0.3, -0.25) is 9.59 Å². The molecule has 1 saturated heterocycles. The Morgan fingerprint density at radius 2 is 1.83 bits per heavy atom. The third kappa shape index (κ3) is 5.09. The minimum atomic E-state index is -0.547. The Bertz CT molecular complexity index is 1270. The predicted octanol–water partition coefficient (Wildman–Crippen LogP) is 4.13. The zero-order valence-electron chi connectivity index (χ0n) is 20.2. The zero-order chi connectivity index (χ0) is 25.1. The topological polar surface area (TPSA) is 93.5 Å². The molecule has 1 aliphatic heterocycles. The highest BCUT2D eigenvalue weighted by atomic mass is 32.2. The second kappa shape index (κ2) is 10.4. The van der Waals surface area contributed by atoms with Gasteiger partial charge in [-0.2, -0.15) is 5.10 Å². The number of esters is 1. The molecule has 0 bridgehead atoms. The Morgan fingerprint density at radius 1 is 1.09 bits per heavy atom. The molecule has 0 spiro atoms. The summed E-state index contributed by atoms with van der Waals surface area (Å²) in [4.78, 5) is 39.9. The summed E-state index contributed by atoms with van der Waals surface area (Å²) in [7, 11) is 0. The van der Waals surface area contributed by atoms with Crippen LogP contribution in [-0.2, 0) is 9.53 Å². The molecule has 35 heavy (non-hydrogen) atoms. The zero-order valence-corrected chi connectivity index (χ0v) is 21.0. The van der Waals surface area contributed by atoms with E-state index in [4.69, 9.17) is 4.74 Å². The van der Waals surface area contributed by atoms with Crippen LogP contribution in [0.4, 0.5) is 5.69 Å². The second-order valence-electron chi connectivity index (χ2n) is 8.40. The van der Waals surface area contributed by atoms with Gasteiger partial charge in [0.15, 0.2) is 0 Å². The summed E-state index contributed by atoms with van der Waals surface area (Å²) in [5.74, 6) is 0.184. The van der Waals surface area contributed by atoms with Crippen LogP contribution < -0.4 is 5.32 Å². The number of aromatic nitrogens is 2. The Kier molecular flexibility index (Phi) is 7.25. The van der Waals surface area contributed by atoms with Gasteiger partial charge in [-0.05, 0) is 75.2 Å². The molecule has 0 saturated carbocycles. The monoisotopic (exact) mass is 492 g/mol. The highest BCUT2D eigenvalue weighted by molar-refractivity contribution is 7.99. The van der Waals surface area contributed by atoms with E-state index in [1.807, 2.05) is 32.0 Å². The molecule has 0 radical (unpaired) electrons. The number of hydrogen-bond acceptors (Lipinski definition) is 6. The molecule has 0 aliphatic carbocycles. The summed E-state index contributed by atoms with van der Waals surface area (Å²) in [5.41, 5.74) is 5.23. The maximum absolute atomic E-state index is 13.2. The van der Waals surface area contributed by atoms with Crippen molar-refractivity contribution in [2.24, 2.45) is 0 Å². The molecule has 8 nitrogen and oxygen atoms in total. The van der Waals surface area contributed by atoms with Crippen LogP contribution >= 0.6 is 11.8 Å². The van der Waals surface area contributed by atoms with E-state index in [2.05, 4.69) is 10.4 Å². The number of hydrogen-bond donors (Lipinski definition) is 1. The fourth-order valence-corrected chi connectivity index (χ4v) is 5.05. The van der Waals surface area contributed by atoms with Gasteiger partial charge in [0.25, 0.3) is 5.91 Å². The van der Waals surface area contributed by atoms with Gasteiger partial charge < -0.3 is 15.0 Å². The lowest BCUT2D eigenvalue weighted by Gasteiger charge is -2.23. The Morgan fingerprint density at radius 3 is 2.51 bits per heavy atom. The summed E-state index contributed by atoms with van der Waals surface area (Å²) in [6.45, 7) is 7.85. The normalized spacial score (nSPS) is 15.2. The molecular weight excluding hydrogens is 464 g/mol. The first-order valence-electron chi connectivity index (χ1n) is 11.4. The largest absolute Gasteiger partial charge is 0.462 e. The highest BCUT2D eigenvalue weighted by Crippen LogP contribution is 2.25. The summed E-state index contributed by atoms with van der Waals surface area (Å²) < 4.78 is 6.70. The van der Waals surface area contributed by atoms with Gasteiger partial charge in [-0.25, -0.2) is 9.48 Å². The lowest BCUT2D eigenvalue weighted by atomic mass is 10.1. The third-order valence-corrected chi connectivity index (χ3v) is 7.10. The van der Waals surface area contributed by atoms with Crippen molar-refractivity contribution >= 4 is 35.2 Å². The fourth-order valence-electron chi connectivity index (χ4n) is 3.89. The van der Waals surface area contributed by atoms with E-state index < -0.39 is 12.0 Å². The molecule has 1 N–H and O–H groups in total. The quantitative estimate of drug-likeness (QED) is 0.520. The van der Waals surface area contributed by atoms with Crippen LogP contribution in [0.3, 0.4) is 0 Å². The second-order valence-corrected chi connectivity index (χ2v) is 9.40. The molecule has 4 rings (SSSR count). The van der Waals surface area contributed by atoms with E-state index >= 15 is 0 Å². The van der Waals surface area contributed by atoms with Crippen molar-refractivity contribution in [2.75, 3.05) is 23.6 Å². The number of thioether (sulfide) groups is 1. The molecule has 182 valence electrons. The number of rotatable bonds is 6. The lowest BCUT2D eigenvalue weighted by Crippen LogP contribution is -2.44. The number of nitrogens with one attached hydrogen (secondary N) is 1. The standard InChI is InChI=1S/C26H28N4O4S/c1-5-34-26(33)22-13-27-30(18(22)4)21-10-7-19(8-11-21)25(32)29-15-35-14-23(29)24(31)28-20-9-6-16(2)17(3)12-20/h6-13,23H,5,14-15H2,1-4H3,(H,28,31). The first-order valence-corrected chi connectivity index (χ1v) is 12.5. The van der Waals surface area contributed by atoms with Crippen molar-refractivity contribution < 1.29 is 19.1 Å². The van der Waals surface area contributed by atoms with Crippen LogP contribution in [0, 0.1) is 20.8 Å². The van der Waals surface area contributed by atoms with Crippen molar-refractivity contribution in [3.05, 3.63) is 76.6 Å². The molecule has 1 unspecified atom stereocenters. The molecule has 1 aliphatic rings. The Labute approximate surface area is 208 Å². The van der Waals surface area contributed by atoms with Gasteiger partial charge in [0, 0.05) is 17.0 Å². The minimum absolute atomic E-state index is 0.193. The number of carbonyl (C=O) groups is 3. The van der Waals surface area contributed by atoms with Crippen LogP contribution in [0.25, 0.3) is 5.69 Å². The molecule has 9 heteroatoms. The predicted molar refractivity (Wildman–Crippen MR) is 136 cm³/mol. The molecule has 1 fully saturated rings. The molecule has 2 aromatic carbocycles. The van der Waals surface area contributed by atoms with E-state index in [1.54, 1.807) is 59.5 Å². The van der Waals surface area contributed by atoms with Crippen LogP contribution in [0.15, 0.2) is 48.7 Å². The number of amides is 2. The number of carbonyl (C=O) groups excluding carboxylic acids is 3. The van der Waals surface area contributed by atoms with Crippen molar-refractivity contribution in [1.82, 2.24) is 14.7 Å². The fraction of sp³-hybridized carbons (Fsp3) is 0.308. The Balaban J connectivity index is 1.47. The number of anilines is 1. The molecule has 2 heterocycles. The van der Waals surface area contributed by atoms with Gasteiger partial charge in [0.1, 0.15) is 11.6 Å². The van der Waals surface area contributed by atoms with E-state index in [0.29, 0.717) is 35.1 Å². The van der Waals surface area contributed by atoms with Gasteiger partial charge in [-0.15, -0.1) is 11.8 Å². The molecule has 3 aromatic rings. The average Bonchev–Trinajstić information content (AvgIpc) is 3.48. The van der Waals surface area contributed by atoms with E-state index in [9.17, 15) is 14.4 Å². The average molecular weight is 493 g/mol. The Hall–Kier alpha value is -3.59. The van der Waals surface area contributed by atoms with Gasteiger partial charge in [0.05, 0.1) is 30.1 Å². The van der Waals surface area contributed by atoms with Crippen molar-refractivity contribution in [3.8, 4) is 5.69 Å². The number of nitrogens with zero attached hydrogens (tertiary/aromatic N) is 3. The van der Waals surface area contributed by atoms with Crippen LogP contribution in [0.2, 0.25) is 0 Å². The molecule has 1 aromatic heterocycles. The first-order chi connectivity index (χ1) is 16.8. The third-order valence-electron chi connectivity index (χ3n) is 6.08. The number of ether oxygens (including phenoxy) is 1. The number of aryl methyl sites for hydroxylation is 2.